The van der Waals surface area contributed by atoms with Crippen molar-refractivity contribution in [1.29, 1.82) is 0 Å². The Morgan fingerprint density at radius 3 is 2.25 bits per heavy atom. The predicted octanol–water partition coefficient (Wildman–Crippen LogP) is 8.54. The van der Waals surface area contributed by atoms with Crippen LogP contribution in [0, 0.1) is 62.1 Å². The van der Waals surface area contributed by atoms with Gasteiger partial charge in [-0.1, -0.05) is 60.6 Å². The van der Waals surface area contributed by atoms with Gasteiger partial charge in [-0.05, 0) is 129 Å². The number of allylic oxidation sites excluding steroid dienone is 1. The minimum Gasteiger partial charge on any atom is -0.481 e. The number of carbonyl (C=O) groups is 4. The Balaban J connectivity index is 1.38. The number of carboxylic acids is 1. The summed E-state index contributed by atoms with van der Waals surface area (Å²) in [6, 6.07) is 0. The van der Waals surface area contributed by atoms with Crippen molar-refractivity contribution in [3.05, 3.63) is 12.2 Å². The number of aliphatic carboxylic acids is 1. The van der Waals surface area contributed by atoms with Gasteiger partial charge < -0.3 is 15.2 Å². The molecule has 0 aromatic rings. The summed E-state index contributed by atoms with van der Waals surface area (Å²) in [4.78, 5) is 49.6. The third-order valence-electron chi connectivity index (χ3n) is 15.9. The average molecular weight is 668 g/mol. The zero-order valence-electron chi connectivity index (χ0n) is 31.3. The monoisotopic (exact) mass is 667 g/mol. The van der Waals surface area contributed by atoms with Crippen LogP contribution >= 0.6 is 0 Å². The van der Waals surface area contributed by atoms with Crippen LogP contribution in [0.3, 0.4) is 0 Å². The summed E-state index contributed by atoms with van der Waals surface area (Å²) >= 11 is 0. The lowest BCUT2D eigenvalue weighted by Gasteiger charge is -2.73. The van der Waals surface area contributed by atoms with Crippen LogP contribution in [0.15, 0.2) is 12.2 Å². The maximum atomic E-state index is 14.2. The summed E-state index contributed by atoms with van der Waals surface area (Å²) in [5, 5.41) is 12.1. The van der Waals surface area contributed by atoms with Gasteiger partial charge >= 0.3 is 11.9 Å². The molecule has 5 fully saturated rings. The van der Waals surface area contributed by atoms with Crippen molar-refractivity contribution in [3.63, 3.8) is 0 Å². The molecule has 1 amide bonds. The fraction of sp³-hybridized carbons (Fsp3) is 0.854. The highest BCUT2D eigenvalue weighted by Gasteiger charge is 2.71. The molecule has 7 nitrogen and oxygen atoms in total. The molecule has 5 saturated carbocycles. The summed E-state index contributed by atoms with van der Waals surface area (Å²) in [6.07, 6.45) is 12.5. The molecule has 0 heterocycles. The SMILES string of the molecule is C=C(C)[C@@H]1CC[C@]2(C(=O)CCCNC=O)CC[C@]3(C)[C@H](CC[C@@H]4[C@@]5(C)CC[C@H](OC(=O)CC(C)(C)CC(=O)O)C(C)(C)[C@@H]5CC[C@]43C)[C@@H]12. The lowest BCUT2D eigenvalue weighted by Crippen LogP contribution is -2.67. The van der Waals surface area contributed by atoms with E-state index in [0.29, 0.717) is 54.8 Å². The number of ether oxygens (including phenoxy) is 1. The number of hydrogen-bond acceptors (Lipinski definition) is 5. The molecule has 0 radical (unpaired) electrons. The smallest absolute Gasteiger partial charge is 0.306 e. The lowest BCUT2D eigenvalue weighted by molar-refractivity contribution is -0.249. The maximum Gasteiger partial charge on any atom is 0.306 e. The number of ketones is 1. The largest absolute Gasteiger partial charge is 0.481 e. The Hall–Kier alpha value is -2.18. The van der Waals surface area contributed by atoms with Gasteiger partial charge in [0.2, 0.25) is 6.41 Å². The molecule has 0 aromatic heterocycles. The minimum atomic E-state index is -0.891. The van der Waals surface area contributed by atoms with Crippen LogP contribution in [0.2, 0.25) is 0 Å². The van der Waals surface area contributed by atoms with Crippen LogP contribution < -0.4 is 5.32 Å². The number of rotatable bonds is 12. The van der Waals surface area contributed by atoms with Crippen molar-refractivity contribution in [2.24, 2.45) is 62.1 Å². The van der Waals surface area contributed by atoms with Gasteiger partial charge in [0.25, 0.3) is 0 Å². The van der Waals surface area contributed by atoms with E-state index in [1.807, 2.05) is 13.8 Å². The molecule has 0 unspecified atom stereocenters. The third-order valence-corrected chi connectivity index (χ3v) is 15.9. The summed E-state index contributed by atoms with van der Waals surface area (Å²) in [5.41, 5.74) is 0.589. The Morgan fingerprint density at radius 1 is 0.896 bits per heavy atom. The van der Waals surface area contributed by atoms with Crippen LogP contribution in [-0.4, -0.2) is 41.9 Å². The maximum absolute atomic E-state index is 14.2. The van der Waals surface area contributed by atoms with Crippen LogP contribution in [0.4, 0.5) is 0 Å². The van der Waals surface area contributed by atoms with E-state index >= 15 is 0 Å². The second-order valence-electron chi connectivity index (χ2n) is 19.2. The summed E-state index contributed by atoms with van der Waals surface area (Å²) < 4.78 is 6.25. The Labute approximate surface area is 290 Å². The standard InChI is InChI=1S/C41H65NO6/c1-26(2)27-14-19-41(31(44)11-10-22-42-25-43)21-20-39(8)28(35(27)41)12-13-30-38(7)17-16-32(37(5,6)29(38)15-18-40(30,39)9)48-34(47)24-36(3,4)23-33(45)46/h25,27-30,32,35H,1,10-24H2,2-9H3,(H,42,43)(H,45,46)/t27-,28+,29-,30+,32-,35+,38-,39+,40+,41+/m0/s1. The first-order valence-corrected chi connectivity index (χ1v) is 19.1. The first-order chi connectivity index (χ1) is 22.3. The van der Waals surface area contributed by atoms with Gasteiger partial charge in [0.1, 0.15) is 11.9 Å². The van der Waals surface area contributed by atoms with Gasteiger partial charge in [0, 0.05) is 23.8 Å². The topological polar surface area (TPSA) is 110 Å². The lowest BCUT2D eigenvalue weighted by atomic mass is 9.32. The number of fused-ring (bicyclic) bond motifs is 7. The summed E-state index contributed by atoms with van der Waals surface area (Å²) in [7, 11) is 0. The highest BCUT2D eigenvalue weighted by atomic mass is 16.5. The highest BCUT2D eigenvalue weighted by Crippen LogP contribution is 2.77. The van der Waals surface area contributed by atoms with Crippen molar-refractivity contribution >= 4 is 24.1 Å². The number of amides is 1. The van der Waals surface area contributed by atoms with E-state index in [-0.39, 0.29) is 52.0 Å². The second-order valence-corrected chi connectivity index (χ2v) is 19.2. The van der Waals surface area contributed by atoms with Gasteiger partial charge in [0.15, 0.2) is 0 Å². The van der Waals surface area contributed by atoms with Gasteiger partial charge in [-0.15, -0.1) is 0 Å². The zero-order chi connectivity index (χ0) is 35.5. The Morgan fingerprint density at radius 2 is 1.60 bits per heavy atom. The summed E-state index contributed by atoms with van der Waals surface area (Å²) in [6.45, 7) is 23.3. The highest BCUT2D eigenvalue weighted by molar-refractivity contribution is 5.86. The Bertz CT molecular complexity index is 1300. The molecule has 2 N–H and O–H groups in total. The molecule has 0 saturated heterocycles. The van der Waals surface area contributed by atoms with Crippen LogP contribution in [-0.2, 0) is 23.9 Å². The number of Topliss-reactive ketones (excluding diaryl/α,β-unsaturated/α-hetero) is 1. The molecule has 5 aliphatic carbocycles. The molecule has 5 aliphatic rings. The first-order valence-electron chi connectivity index (χ1n) is 19.1. The minimum absolute atomic E-state index is 0.0565. The van der Waals surface area contributed by atoms with E-state index in [0.717, 1.165) is 64.2 Å². The predicted molar refractivity (Wildman–Crippen MR) is 188 cm³/mol. The van der Waals surface area contributed by atoms with E-state index in [2.05, 4.69) is 53.4 Å². The van der Waals surface area contributed by atoms with Gasteiger partial charge in [-0.25, -0.2) is 0 Å². The molecule has 48 heavy (non-hydrogen) atoms. The molecule has 0 bridgehead atoms. The first kappa shape index (κ1) is 37.1. The van der Waals surface area contributed by atoms with Gasteiger partial charge in [-0.3, -0.25) is 19.2 Å². The molecular weight excluding hydrogens is 602 g/mol. The van der Waals surface area contributed by atoms with Gasteiger partial charge in [0.05, 0.1) is 12.8 Å². The average Bonchev–Trinajstić information content (AvgIpc) is 3.37. The molecular formula is C41H65NO6. The molecule has 0 aromatic carbocycles. The van der Waals surface area contributed by atoms with Crippen LogP contribution in [0.5, 0.6) is 0 Å². The number of nitrogens with one attached hydrogen (secondary N) is 1. The molecule has 0 aliphatic heterocycles. The number of esters is 1. The van der Waals surface area contributed by atoms with E-state index in [9.17, 15) is 24.3 Å². The number of carbonyl (C=O) groups excluding carboxylic acids is 3. The fourth-order valence-electron chi connectivity index (χ4n) is 13.5. The summed E-state index contributed by atoms with van der Waals surface area (Å²) in [5.74, 6) is 1.49. The third kappa shape index (κ3) is 5.89. The number of hydrogen-bond donors (Lipinski definition) is 2. The molecule has 0 spiro atoms. The van der Waals surface area contributed by atoms with E-state index in [1.165, 1.54) is 12.0 Å². The molecule has 5 rings (SSSR count). The molecule has 7 heteroatoms. The van der Waals surface area contributed by atoms with Crippen molar-refractivity contribution in [2.45, 2.75) is 151 Å². The fourth-order valence-corrected chi connectivity index (χ4v) is 13.5. The number of carboxylic acid groups (broad SMARTS) is 1. The Kier molecular flexibility index (Phi) is 9.93. The van der Waals surface area contributed by atoms with Crippen LogP contribution in [0.25, 0.3) is 0 Å². The van der Waals surface area contributed by atoms with Crippen molar-refractivity contribution < 1.29 is 29.0 Å². The second kappa shape index (κ2) is 12.9. The van der Waals surface area contributed by atoms with Crippen LogP contribution in [0.1, 0.15) is 145 Å². The zero-order valence-corrected chi connectivity index (χ0v) is 31.3. The van der Waals surface area contributed by atoms with Gasteiger partial charge in [-0.2, -0.15) is 0 Å². The van der Waals surface area contributed by atoms with Crippen molar-refractivity contribution in [1.82, 2.24) is 5.32 Å². The van der Waals surface area contributed by atoms with Crippen molar-refractivity contribution in [2.75, 3.05) is 6.54 Å². The quantitative estimate of drug-likeness (QED) is 0.0934. The van der Waals surface area contributed by atoms with E-state index in [4.69, 9.17) is 4.74 Å². The van der Waals surface area contributed by atoms with E-state index < -0.39 is 11.4 Å². The van der Waals surface area contributed by atoms with E-state index in [1.54, 1.807) is 0 Å². The molecule has 270 valence electrons. The molecule has 10 atom stereocenters. The normalized spacial score (nSPS) is 41.5. The van der Waals surface area contributed by atoms with Crippen molar-refractivity contribution in [3.8, 4) is 0 Å².